The van der Waals surface area contributed by atoms with Gasteiger partial charge in [-0.1, -0.05) is 5.22 Å². The molecule has 0 unspecified atom stereocenters. The summed E-state index contributed by atoms with van der Waals surface area (Å²) in [4.78, 5) is 11.3. The molecule has 1 aromatic carbocycles. The van der Waals surface area contributed by atoms with Crippen molar-refractivity contribution in [1.82, 2.24) is 5.43 Å². The molecule has 1 rings (SSSR count). The first-order valence-corrected chi connectivity index (χ1v) is 4.60. The highest BCUT2D eigenvalue weighted by Gasteiger charge is 2.04. The lowest BCUT2D eigenvalue weighted by molar-refractivity contribution is 0.0526. The maximum atomic E-state index is 11.3. The highest BCUT2D eigenvalue weighted by Crippen LogP contribution is 2.13. The normalized spacial score (nSPS) is 9.75. The first-order chi connectivity index (χ1) is 7.77. The summed E-state index contributed by atoms with van der Waals surface area (Å²) in [5, 5.41) is 15.2. The SMILES string of the molecule is CCOC(=O)c1ccc(N=NNC#N)cc1. The van der Waals surface area contributed by atoms with E-state index in [1.165, 1.54) is 0 Å². The van der Waals surface area contributed by atoms with E-state index in [2.05, 4.69) is 10.3 Å². The summed E-state index contributed by atoms with van der Waals surface area (Å²) in [6.45, 7) is 2.08. The van der Waals surface area contributed by atoms with Crippen molar-refractivity contribution in [2.45, 2.75) is 6.92 Å². The number of nitrogens with one attached hydrogen (secondary N) is 1. The number of nitrogens with zero attached hydrogens (tertiary/aromatic N) is 3. The van der Waals surface area contributed by atoms with Crippen LogP contribution in [0.2, 0.25) is 0 Å². The number of hydrogen-bond acceptors (Lipinski definition) is 5. The summed E-state index contributed by atoms with van der Waals surface area (Å²) < 4.78 is 4.82. The van der Waals surface area contributed by atoms with E-state index in [1.807, 2.05) is 5.43 Å². The molecule has 6 nitrogen and oxygen atoms in total. The maximum Gasteiger partial charge on any atom is 0.338 e. The van der Waals surface area contributed by atoms with Crippen LogP contribution in [0.15, 0.2) is 34.6 Å². The zero-order chi connectivity index (χ0) is 11.8. The van der Waals surface area contributed by atoms with Crippen LogP contribution in [0.1, 0.15) is 17.3 Å². The van der Waals surface area contributed by atoms with Crippen molar-refractivity contribution < 1.29 is 9.53 Å². The molecule has 0 aliphatic rings. The van der Waals surface area contributed by atoms with E-state index in [0.717, 1.165) is 0 Å². The highest BCUT2D eigenvalue weighted by molar-refractivity contribution is 5.89. The summed E-state index contributed by atoms with van der Waals surface area (Å²) in [6, 6.07) is 6.38. The minimum absolute atomic E-state index is 0.340. The molecule has 0 saturated carbocycles. The third kappa shape index (κ3) is 3.38. The maximum absolute atomic E-state index is 11.3. The van der Waals surface area contributed by atoms with Crippen LogP contribution < -0.4 is 5.43 Å². The molecule has 0 fully saturated rings. The largest absolute Gasteiger partial charge is 0.462 e. The predicted octanol–water partition coefficient (Wildman–Crippen LogP) is 1.93. The molecule has 1 N–H and O–H groups in total. The fourth-order valence-corrected chi connectivity index (χ4v) is 0.984. The Kier molecular flexibility index (Phi) is 4.47. The second-order valence-corrected chi connectivity index (χ2v) is 2.69. The second kappa shape index (κ2) is 6.14. The number of ether oxygens (including phenoxy) is 1. The third-order valence-electron chi connectivity index (χ3n) is 1.64. The van der Waals surface area contributed by atoms with Crippen LogP contribution in [-0.2, 0) is 4.74 Å². The van der Waals surface area contributed by atoms with Crippen LogP contribution >= 0.6 is 0 Å². The van der Waals surface area contributed by atoms with Crippen LogP contribution in [0.5, 0.6) is 0 Å². The Morgan fingerprint density at radius 2 is 2.19 bits per heavy atom. The minimum atomic E-state index is -0.374. The number of benzene rings is 1. The van der Waals surface area contributed by atoms with Crippen LogP contribution in [0.3, 0.4) is 0 Å². The molecule has 6 heteroatoms. The molecule has 1 aromatic rings. The van der Waals surface area contributed by atoms with Crippen molar-refractivity contribution >= 4 is 11.7 Å². The molecule has 0 bridgehead atoms. The molecule has 0 spiro atoms. The minimum Gasteiger partial charge on any atom is -0.462 e. The average molecular weight is 218 g/mol. The van der Waals surface area contributed by atoms with Crippen LogP contribution in [-0.4, -0.2) is 12.6 Å². The van der Waals surface area contributed by atoms with Crippen LogP contribution in [0.4, 0.5) is 5.69 Å². The van der Waals surface area contributed by atoms with Crippen molar-refractivity contribution in [1.29, 1.82) is 5.26 Å². The summed E-state index contributed by atoms with van der Waals surface area (Å²) >= 11 is 0. The molecular formula is C10H10N4O2. The molecule has 0 aliphatic heterocycles. The Bertz CT molecular complexity index is 419. The van der Waals surface area contributed by atoms with Crippen molar-refractivity contribution in [2.24, 2.45) is 10.3 Å². The summed E-state index contributed by atoms with van der Waals surface area (Å²) in [5.74, 6) is -0.374. The van der Waals surface area contributed by atoms with E-state index in [0.29, 0.717) is 17.9 Å². The lowest BCUT2D eigenvalue weighted by Crippen LogP contribution is -2.03. The van der Waals surface area contributed by atoms with Gasteiger partial charge in [-0.05, 0) is 31.2 Å². The van der Waals surface area contributed by atoms with Gasteiger partial charge in [-0.25, -0.2) is 4.79 Å². The Morgan fingerprint density at radius 3 is 2.75 bits per heavy atom. The van der Waals surface area contributed by atoms with Gasteiger partial charge < -0.3 is 4.74 Å². The van der Waals surface area contributed by atoms with Gasteiger partial charge in [0.25, 0.3) is 0 Å². The van der Waals surface area contributed by atoms with Gasteiger partial charge in [0, 0.05) is 0 Å². The molecule has 0 amide bonds. The number of hydrogen-bond donors (Lipinski definition) is 1. The Morgan fingerprint density at radius 1 is 1.50 bits per heavy atom. The lowest BCUT2D eigenvalue weighted by atomic mass is 10.2. The highest BCUT2D eigenvalue weighted by atomic mass is 16.5. The molecule has 0 aliphatic carbocycles. The Hall–Kier alpha value is -2.42. The van der Waals surface area contributed by atoms with Crippen molar-refractivity contribution in [3.63, 3.8) is 0 Å². The Labute approximate surface area is 92.5 Å². The summed E-state index contributed by atoms with van der Waals surface area (Å²) in [5.41, 5.74) is 3.02. The molecule has 0 heterocycles. The molecule has 0 radical (unpaired) electrons. The van der Waals surface area contributed by atoms with Gasteiger partial charge in [0.2, 0.25) is 0 Å². The van der Waals surface area contributed by atoms with Crippen molar-refractivity contribution in [2.75, 3.05) is 6.61 Å². The predicted molar refractivity (Wildman–Crippen MR) is 55.7 cm³/mol. The molecule has 16 heavy (non-hydrogen) atoms. The van der Waals surface area contributed by atoms with Gasteiger partial charge in [0.05, 0.1) is 17.9 Å². The number of carbonyl (C=O) groups is 1. The fourth-order valence-electron chi connectivity index (χ4n) is 0.984. The topological polar surface area (TPSA) is 86.8 Å². The summed E-state index contributed by atoms with van der Waals surface area (Å²) in [6.07, 6.45) is 1.60. The number of rotatable bonds is 4. The van der Waals surface area contributed by atoms with Gasteiger partial charge in [-0.3, -0.25) is 0 Å². The monoisotopic (exact) mass is 218 g/mol. The second-order valence-electron chi connectivity index (χ2n) is 2.69. The lowest BCUT2D eigenvalue weighted by Gasteiger charge is -2.00. The van der Waals surface area contributed by atoms with Crippen LogP contribution in [0, 0.1) is 11.5 Å². The fraction of sp³-hybridized carbons (Fsp3) is 0.200. The van der Waals surface area contributed by atoms with E-state index in [4.69, 9.17) is 10.00 Å². The zero-order valence-electron chi connectivity index (χ0n) is 8.67. The number of esters is 1. The van der Waals surface area contributed by atoms with Gasteiger partial charge in [0.1, 0.15) is 0 Å². The van der Waals surface area contributed by atoms with Crippen molar-refractivity contribution in [3.8, 4) is 6.19 Å². The molecule has 0 saturated heterocycles. The molecular weight excluding hydrogens is 208 g/mol. The number of nitriles is 1. The smallest absolute Gasteiger partial charge is 0.338 e. The number of carbonyl (C=O) groups excluding carboxylic acids is 1. The molecule has 82 valence electrons. The zero-order valence-corrected chi connectivity index (χ0v) is 8.67. The van der Waals surface area contributed by atoms with E-state index in [9.17, 15) is 4.79 Å². The third-order valence-corrected chi connectivity index (χ3v) is 1.64. The average Bonchev–Trinajstić information content (AvgIpc) is 2.30. The van der Waals surface area contributed by atoms with Crippen molar-refractivity contribution in [3.05, 3.63) is 29.8 Å². The first kappa shape index (κ1) is 11.7. The van der Waals surface area contributed by atoms with E-state index in [1.54, 1.807) is 37.4 Å². The molecule has 0 atom stereocenters. The van der Waals surface area contributed by atoms with Gasteiger partial charge in [-0.15, -0.1) is 5.11 Å². The van der Waals surface area contributed by atoms with E-state index >= 15 is 0 Å². The first-order valence-electron chi connectivity index (χ1n) is 4.60. The van der Waals surface area contributed by atoms with E-state index in [-0.39, 0.29) is 5.97 Å². The van der Waals surface area contributed by atoms with Crippen LogP contribution in [0.25, 0.3) is 0 Å². The van der Waals surface area contributed by atoms with Gasteiger partial charge in [-0.2, -0.15) is 10.7 Å². The standard InChI is InChI=1S/C10H10N4O2/c1-2-16-10(15)8-3-5-9(6-4-8)13-14-12-7-11/h3-6H,2H2,1H3,(H,12,13). The Balaban J connectivity index is 2.68. The molecule has 0 aromatic heterocycles. The van der Waals surface area contributed by atoms with Gasteiger partial charge in [0.15, 0.2) is 6.19 Å². The summed E-state index contributed by atoms with van der Waals surface area (Å²) in [7, 11) is 0. The van der Waals surface area contributed by atoms with E-state index < -0.39 is 0 Å². The van der Waals surface area contributed by atoms with Gasteiger partial charge >= 0.3 is 5.97 Å². The quantitative estimate of drug-likeness (QED) is 0.275.